The van der Waals surface area contributed by atoms with Gasteiger partial charge in [0.15, 0.2) is 0 Å². The number of carbonyl (C=O) groups excluding carboxylic acids is 2. The minimum Gasteiger partial charge on any atom is -0.393 e. The average molecular weight is 304 g/mol. The molecule has 1 aromatic rings. The highest BCUT2D eigenvalue weighted by atomic mass is 16.3. The van der Waals surface area contributed by atoms with E-state index >= 15 is 0 Å². The van der Waals surface area contributed by atoms with Gasteiger partial charge in [0.05, 0.1) is 12.5 Å². The monoisotopic (exact) mass is 304 g/mol. The van der Waals surface area contributed by atoms with Crippen molar-refractivity contribution in [1.29, 1.82) is 0 Å². The van der Waals surface area contributed by atoms with E-state index < -0.39 is 0 Å². The van der Waals surface area contributed by atoms with Crippen molar-refractivity contribution in [3.63, 3.8) is 0 Å². The van der Waals surface area contributed by atoms with Crippen LogP contribution in [0.15, 0.2) is 24.3 Å². The van der Waals surface area contributed by atoms with Crippen LogP contribution < -0.4 is 10.6 Å². The molecule has 2 rings (SSSR count). The average Bonchev–Trinajstić information content (AvgIpc) is 2.47. The molecule has 1 saturated carbocycles. The summed E-state index contributed by atoms with van der Waals surface area (Å²) in [5.74, 6) is 0.266. The normalized spacial score (nSPS) is 21.2. The van der Waals surface area contributed by atoms with Crippen LogP contribution in [0.4, 0.5) is 5.69 Å². The minimum absolute atomic E-state index is 0.00709. The molecular weight excluding hydrogens is 280 g/mol. The van der Waals surface area contributed by atoms with Gasteiger partial charge in [-0.05, 0) is 42.9 Å². The maximum Gasteiger partial charge on any atom is 0.224 e. The van der Waals surface area contributed by atoms with E-state index in [2.05, 4.69) is 10.6 Å². The number of carbonyl (C=O) groups is 2. The van der Waals surface area contributed by atoms with Crippen molar-refractivity contribution < 1.29 is 14.7 Å². The first kappa shape index (κ1) is 16.5. The molecule has 120 valence electrons. The van der Waals surface area contributed by atoms with Gasteiger partial charge in [-0.25, -0.2) is 0 Å². The lowest BCUT2D eigenvalue weighted by Gasteiger charge is -2.25. The number of aliphatic hydroxyl groups is 1. The molecule has 5 nitrogen and oxygen atoms in total. The minimum atomic E-state index is -0.211. The van der Waals surface area contributed by atoms with E-state index in [1.165, 1.54) is 6.92 Å². The van der Waals surface area contributed by atoms with E-state index in [1.54, 1.807) is 12.1 Å². The van der Waals surface area contributed by atoms with Crippen LogP contribution in [0.3, 0.4) is 0 Å². The molecular formula is C17H24N2O3. The van der Waals surface area contributed by atoms with Gasteiger partial charge in [0.2, 0.25) is 11.8 Å². The summed E-state index contributed by atoms with van der Waals surface area (Å²) in [5.41, 5.74) is 1.64. The van der Waals surface area contributed by atoms with Gasteiger partial charge in [-0.2, -0.15) is 0 Å². The maximum atomic E-state index is 12.0. The van der Waals surface area contributed by atoms with E-state index in [0.29, 0.717) is 18.9 Å². The van der Waals surface area contributed by atoms with Crippen LogP contribution in [0.25, 0.3) is 0 Å². The van der Waals surface area contributed by atoms with Gasteiger partial charge in [0.25, 0.3) is 0 Å². The lowest BCUT2D eigenvalue weighted by molar-refractivity contribution is -0.120. The Bertz CT molecular complexity index is 513. The topological polar surface area (TPSA) is 78.4 Å². The summed E-state index contributed by atoms with van der Waals surface area (Å²) in [6.45, 7) is 2.10. The molecule has 2 atom stereocenters. The zero-order valence-corrected chi connectivity index (χ0v) is 13.0. The molecule has 22 heavy (non-hydrogen) atoms. The number of hydrogen-bond acceptors (Lipinski definition) is 3. The second kappa shape index (κ2) is 7.94. The molecule has 1 fully saturated rings. The van der Waals surface area contributed by atoms with Crippen LogP contribution >= 0.6 is 0 Å². The van der Waals surface area contributed by atoms with Crippen molar-refractivity contribution >= 4 is 17.5 Å². The Labute approximate surface area is 131 Å². The molecule has 1 aliphatic rings. The van der Waals surface area contributed by atoms with Crippen LogP contribution in [0.2, 0.25) is 0 Å². The third-order valence-corrected chi connectivity index (χ3v) is 3.98. The molecule has 2 amide bonds. The largest absolute Gasteiger partial charge is 0.393 e. The van der Waals surface area contributed by atoms with Gasteiger partial charge in [-0.15, -0.1) is 0 Å². The fraction of sp³-hybridized carbons (Fsp3) is 0.529. The van der Waals surface area contributed by atoms with E-state index in [0.717, 1.165) is 36.9 Å². The predicted octanol–water partition coefficient (Wildman–Crippen LogP) is 1.85. The second-order valence-electron chi connectivity index (χ2n) is 6.05. The molecule has 1 aromatic carbocycles. The van der Waals surface area contributed by atoms with Crippen molar-refractivity contribution in [2.24, 2.45) is 5.92 Å². The molecule has 0 radical (unpaired) electrons. The first-order valence-electron chi connectivity index (χ1n) is 7.84. The van der Waals surface area contributed by atoms with Crippen molar-refractivity contribution in [3.8, 4) is 0 Å². The number of aliphatic hydroxyl groups excluding tert-OH is 1. The summed E-state index contributed by atoms with van der Waals surface area (Å²) in [6.07, 6.45) is 3.89. The summed E-state index contributed by atoms with van der Waals surface area (Å²) in [4.78, 5) is 22.9. The number of benzene rings is 1. The van der Waals surface area contributed by atoms with Crippen molar-refractivity contribution in [2.75, 3.05) is 11.9 Å². The summed E-state index contributed by atoms with van der Waals surface area (Å²) in [5, 5.41) is 15.3. The SMILES string of the molecule is CC(=O)Nc1ccc(CC(=O)NCC2CCCC(O)C2)cc1. The molecule has 0 aromatic heterocycles. The fourth-order valence-electron chi connectivity index (χ4n) is 2.86. The number of nitrogens with one attached hydrogen (secondary N) is 2. The molecule has 0 aliphatic heterocycles. The first-order chi connectivity index (χ1) is 10.5. The number of hydrogen-bond donors (Lipinski definition) is 3. The lowest BCUT2D eigenvalue weighted by atomic mass is 9.87. The number of amides is 2. The maximum absolute atomic E-state index is 12.0. The predicted molar refractivity (Wildman–Crippen MR) is 85.4 cm³/mol. The molecule has 1 aliphatic carbocycles. The Morgan fingerprint density at radius 1 is 1.23 bits per heavy atom. The van der Waals surface area contributed by atoms with Gasteiger partial charge in [-0.1, -0.05) is 18.6 Å². The molecule has 3 N–H and O–H groups in total. The Morgan fingerprint density at radius 2 is 1.95 bits per heavy atom. The Morgan fingerprint density at radius 3 is 2.59 bits per heavy atom. The summed E-state index contributed by atoms with van der Waals surface area (Å²) in [6, 6.07) is 7.27. The van der Waals surface area contributed by atoms with Crippen LogP contribution in [0.1, 0.15) is 38.2 Å². The molecule has 0 bridgehead atoms. The Hall–Kier alpha value is -1.88. The lowest BCUT2D eigenvalue weighted by Crippen LogP contribution is -2.33. The van der Waals surface area contributed by atoms with Gasteiger partial charge >= 0.3 is 0 Å². The molecule has 0 saturated heterocycles. The highest BCUT2D eigenvalue weighted by Crippen LogP contribution is 2.23. The van der Waals surface area contributed by atoms with Crippen LogP contribution in [0.5, 0.6) is 0 Å². The molecule has 0 heterocycles. The molecule has 2 unspecified atom stereocenters. The Kier molecular flexibility index (Phi) is 5.95. The Balaban J connectivity index is 1.75. The smallest absolute Gasteiger partial charge is 0.224 e. The highest BCUT2D eigenvalue weighted by molar-refractivity contribution is 5.88. The van der Waals surface area contributed by atoms with Gasteiger partial charge in [0.1, 0.15) is 0 Å². The van der Waals surface area contributed by atoms with Gasteiger partial charge in [-0.3, -0.25) is 9.59 Å². The van der Waals surface area contributed by atoms with Crippen molar-refractivity contribution in [3.05, 3.63) is 29.8 Å². The number of rotatable bonds is 5. The van der Waals surface area contributed by atoms with Crippen molar-refractivity contribution in [2.45, 2.75) is 45.1 Å². The fourth-order valence-corrected chi connectivity index (χ4v) is 2.86. The van der Waals surface area contributed by atoms with E-state index in [4.69, 9.17) is 0 Å². The van der Waals surface area contributed by atoms with E-state index in [-0.39, 0.29) is 17.9 Å². The zero-order chi connectivity index (χ0) is 15.9. The van der Waals surface area contributed by atoms with Crippen LogP contribution in [-0.4, -0.2) is 29.6 Å². The first-order valence-corrected chi connectivity index (χ1v) is 7.84. The number of anilines is 1. The summed E-state index contributed by atoms with van der Waals surface area (Å²) < 4.78 is 0. The molecule has 5 heteroatoms. The molecule has 0 spiro atoms. The van der Waals surface area contributed by atoms with E-state index in [9.17, 15) is 14.7 Å². The highest BCUT2D eigenvalue weighted by Gasteiger charge is 2.20. The third-order valence-electron chi connectivity index (χ3n) is 3.98. The quantitative estimate of drug-likeness (QED) is 0.777. The summed E-state index contributed by atoms with van der Waals surface area (Å²) >= 11 is 0. The van der Waals surface area contributed by atoms with Crippen molar-refractivity contribution in [1.82, 2.24) is 5.32 Å². The summed E-state index contributed by atoms with van der Waals surface area (Å²) in [7, 11) is 0. The van der Waals surface area contributed by atoms with Gasteiger partial charge in [0, 0.05) is 19.2 Å². The zero-order valence-electron chi connectivity index (χ0n) is 13.0. The second-order valence-corrected chi connectivity index (χ2v) is 6.05. The van der Waals surface area contributed by atoms with Gasteiger partial charge < -0.3 is 15.7 Å². The third kappa shape index (κ3) is 5.48. The van der Waals surface area contributed by atoms with Crippen LogP contribution in [-0.2, 0) is 16.0 Å². The van der Waals surface area contributed by atoms with Crippen LogP contribution in [0, 0.1) is 5.92 Å². The standard InChI is InChI=1S/C17H24N2O3/c1-12(20)19-15-7-5-13(6-8-15)10-17(22)18-11-14-3-2-4-16(21)9-14/h5-8,14,16,21H,2-4,9-11H2,1H3,(H,18,22)(H,19,20). The van der Waals surface area contributed by atoms with E-state index in [1.807, 2.05) is 12.1 Å².